The molecule has 0 amide bonds. The molecule has 0 atom stereocenters. The Morgan fingerprint density at radius 2 is 1.90 bits per heavy atom. The van der Waals surface area contributed by atoms with Gasteiger partial charge in [-0.2, -0.15) is 0 Å². The molecule has 1 aliphatic carbocycles. The fourth-order valence-electron chi connectivity index (χ4n) is 3.55. The van der Waals surface area contributed by atoms with Crippen LogP contribution in [0.3, 0.4) is 0 Å². The molecular formula is C17H27N3O. The second-order valence-electron chi connectivity index (χ2n) is 6.32. The summed E-state index contributed by atoms with van der Waals surface area (Å²) < 4.78 is 5.58. The molecule has 2 heterocycles. The van der Waals surface area contributed by atoms with Crippen LogP contribution in [0.1, 0.15) is 49.7 Å². The zero-order valence-corrected chi connectivity index (χ0v) is 13.4. The van der Waals surface area contributed by atoms with Crippen molar-refractivity contribution in [3.05, 3.63) is 17.1 Å². The minimum Gasteiger partial charge on any atom is -0.381 e. The number of hydrogen-bond acceptors (Lipinski definition) is 4. The van der Waals surface area contributed by atoms with Crippen LogP contribution in [-0.4, -0.2) is 36.3 Å². The highest BCUT2D eigenvalue weighted by Gasteiger charge is 2.25. The molecule has 1 aromatic rings. The van der Waals surface area contributed by atoms with Crippen LogP contribution in [0, 0.1) is 12.8 Å². The Balaban J connectivity index is 1.72. The van der Waals surface area contributed by atoms with Crippen LogP contribution in [0.2, 0.25) is 0 Å². The maximum absolute atomic E-state index is 5.58. The van der Waals surface area contributed by atoms with E-state index in [9.17, 15) is 0 Å². The van der Waals surface area contributed by atoms with E-state index in [0.29, 0.717) is 0 Å². The molecule has 1 aromatic heterocycles. The van der Waals surface area contributed by atoms with Crippen molar-refractivity contribution in [1.29, 1.82) is 0 Å². The van der Waals surface area contributed by atoms with Crippen molar-refractivity contribution >= 4 is 5.82 Å². The zero-order chi connectivity index (χ0) is 14.7. The Labute approximate surface area is 127 Å². The van der Waals surface area contributed by atoms with Crippen LogP contribution in [-0.2, 0) is 17.6 Å². The topological polar surface area (TPSA) is 38.2 Å². The lowest BCUT2D eigenvalue weighted by Gasteiger charge is -2.34. The van der Waals surface area contributed by atoms with Gasteiger partial charge in [-0.15, -0.1) is 0 Å². The van der Waals surface area contributed by atoms with Gasteiger partial charge in [-0.05, 0) is 58.3 Å². The van der Waals surface area contributed by atoms with Crippen LogP contribution in [0.25, 0.3) is 0 Å². The summed E-state index contributed by atoms with van der Waals surface area (Å²) in [5.41, 5.74) is 2.73. The van der Waals surface area contributed by atoms with E-state index in [1.54, 1.807) is 0 Å². The number of aryl methyl sites for hydroxylation is 2. The van der Waals surface area contributed by atoms with Gasteiger partial charge in [0.2, 0.25) is 0 Å². The monoisotopic (exact) mass is 289 g/mol. The van der Waals surface area contributed by atoms with Crippen molar-refractivity contribution in [1.82, 2.24) is 9.97 Å². The summed E-state index contributed by atoms with van der Waals surface area (Å²) in [6, 6.07) is 0. The fraction of sp³-hybridized carbons (Fsp3) is 0.765. The summed E-state index contributed by atoms with van der Waals surface area (Å²) in [5, 5.41) is 0. The summed E-state index contributed by atoms with van der Waals surface area (Å²) >= 11 is 0. The summed E-state index contributed by atoms with van der Waals surface area (Å²) in [5.74, 6) is 2.88. The lowest BCUT2D eigenvalue weighted by molar-refractivity contribution is 0.100. The van der Waals surface area contributed by atoms with Gasteiger partial charge in [0.05, 0.1) is 0 Å². The Hall–Kier alpha value is -1.16. The second-order valence-corrected chi connectivity index (χ2v) is 6.32. The number of hydrogen-bond donors (Lipinski definition) is 0. The van der Waals surface area contributed by atoms with Gasteiger partial charge in [-0.25, -0.2) is 9.97 Å². The maximum Gasteiger partial charge on any atom is 0.135 e. The molecule has 116 valence electrons. The fourth-order valence-corrected chi connectivity index (χ4v) is 3.55. The van der Waals surface area contributed by atoms with Crippen molar-refractivity contribution in [3.63, 3.8) is 0 Å². The molecule has 1 saturated heterocycles. The van der Waals surface area contributed by atoms with Crippen LogP contribution < -0.4 is 4.90 Å². The molecule has 2 aliphatic rings. The van der Waals surface area contributed by atoms with Gasteiger partial charge in [-0.1, -0.05) is 0 Å². The molecule has 0 bridgehead atoms. The van der Waals surface area contributed by atoms with E-state index in [-0.39, 0.29) is 0 Å². The first-order valence-corrected chi connectivity index (χ1v) is 8.47. The van der Waals surface area contributed by atoms with E-state index >= 15 is 0 Å². The van der Waals surface area contributed by atoms with E-state index in [1.807, 2.05) is 6.92 Å². The number of nitrogens with zero attached hydrogens (tertiary/aromatic N) is 3. The van der Waals surface area contributed by atoms with E-state index < -0.39 is 0 Å². The molecule has 4 nitrogen and oxygen atoms in total. The minimum atomic E-state index is 0.722. The van der Waals surface area contributed by atoms with Gasteiger partial charge in [0.25, 0.3) is 0 Å². The first-order valence-electron chi connectivity index (χ1n) is 8.47. The summed E-state index contributed by atoms with van der Waals surface area (Å²) in [7, 11) is 0. The highest BCUT2D eigenvalue weighted by atomic mass is 16.5. The quantitative estimate of drug-likeness (QED) is 0.854. The van der Waals surface area contributed by atoms with Crippen LogP contribution in [0.5, 0.6) is 0 Å². The van der Waals surface area contributed by atoms with E-state index in [2.05, 4.69) is 16.8 Å². The average Bonchev–Trinajstić information content (AvgIpc) is 2.52. The Bertz CT molecular complexity index is 481. The zero-order valence-electron chi connectivity index (χ0n) is 13.4. The highest BCUT2D eigenvalue weighted by Crippen LogP contribution is 2.30. The number of ether oxygens (including phenoxy) is 1. The molecule has 0 saturated carbocycles. The Morgan fingerprint density at radius 3 is 2.67 bits per heavy atom. The molecule has 1 aliphatic heterocycles. The largest absolute Gasteiger partial charge is 0.381 e. The number of fused-ring (bicyclic) bond motifs is 1. The maximum atomic E-state index is 5.58. The molecule has 0 radical (unpaired) electrons. The molecule has 0 aromatic carbocycles. The summed E-state index contributed by atoms with van der Waals surface area (Å²) in [6.45, 7) is 8.08. The first kappa shape index (κ1) is 14.8. The number of aromatic nitrogens is 2. The first-order chi connectivity index (χ1) is 10.3. The molecular weight excluding hydrogens is 262 g/mol. The normalized spacial score (nSPS) is 19.6. The Morgan fingerprint density at radius 1 is 1.14 bits per heavy atom. The van der Waals surface area contributed by atoms with Crippen LogP contribution in [0.4, 0.5) is 5.82 Å². The standard InChI is InChI=1S/C17H27N3O/c1-3-21-12-14-8-10-20(11-9-14)17-15-6-4-5-7-16(15)18-13(2)19-17/h14H,3-12H2,1-2H3. The predicted molar refractivity (Wildman–Crippen MR) is 84.8 cm³/mol. The third-order valence-electron chi connectivity index (χ3n) is 4.74. The predicted octanol–water partition coefficient (Wildman–Crippen LogP) is 2.92. The molecule has 1 fully saturated rings. The van der Waals surface area contributed by atoms with Crippen molar-refractivity contribution in [2.45, 2.75) is 52.4 Å². The minimum absolute atomic E-state index is 0.722. The lowest BCUT2D eigenvalue weighted by Crippen LogP contribution is -2.37. The van der Waals surface area contributed by atoms with E-state index in [4.69, 9.17) is 9.72 Å². The third-order valence-corrected chi connectivity index (χ3v) is 4.74. The van der Waals surface area contributed by atoms with Crippen molar-refractivity contribution in [2.75, 3.05) is 31.2 Å². The number of anilines is 1. The summed E-state index contributed by atoms with van der Waals surface area (Å²) in [4.78, 5) is 11.9. The molecule has 0 unspecified atom stereocenters. The molecule has 0 N–H and O–H groups in total. The highest BCUT2D eigenvalue weighted by molar-refractivity contribution is 5.50. The van der Waals surface area contributed by atoms with Gasteiger partial charge in [-0.3, -0.25) is 0 Å². The second kappa shape index (κ2) is 6.73. The smallest absolute Gasteiger partial charge is 0.135 e. The van der Waals surface area contributed by atoms with Crippen molar-refractivity contribution < 1.29 is 4.74 Å². The lowest BCUT2D eigenvalue weighted by atomic mass is 9.94. The number of piperidine rings is 1. The van der Waals surface area contributed by atoms with E-state index in [1.165, 1.54) is 42.8 Å². The summed E-state index contributed by atoms with van der Waals surface area (Å²) in [6.07, 6.45) is 7.29. The van der Waals surface area contributed by atoms with Crippen LogP contribution >= 0.6 is 0 Å². The van der Waals surface area contributed by atoms with Gasteiger partial charge in [0, 0.05) is 37.6 Å². The van der Waals surface area contributed by atoms with E-state index in [0.717, 1.165) is 50.9 Å². The van der Waals surface area contributed by atoms with Gasteiger partial charge >= 0.3 is 0 Å². The molecule has 0 spiro atoms. The molecule has 4 heteroatoms. The van der Waals surface area contributed by atoms with Crippen LogP contribution in [0.15, 0.2) is 0 Å². The Kier molecular flexibility index (Phi) is 4.73. The van der Waals surface area contributed by atoms with Crippen molar-refractivity contribution in [2.24, 2.45) is 5.92 Å². The SMILES string of the molecule is CCOCC1CCN(c2nc(C)nc3c2CCCC3)CC1. The van der Waals surface area contributed by atoms with Gasteiger partial charge in [0.15, 0.2) is 0 Å². The van der Waals surface area contributed by atoms with Crippen molar-refractivity contribution in [3.8, 4) is 0 Å². The average molecular weight is 289 g/mol. The molecule has 3 rings (SSSR count). The van der Waals surface area contributed by atoms with Gasteiger partial charge < -0.3 is 9.64 Å². The van der Waals surface area contributed by atoms with Gasteiger partial charge in [0.1, 0.15) is 11.6 Å². The third kappa shape index (κ3) is 3.37. The molecule has 21 heavy (non-hydrogen) atoms. The number of rotatable bonds is 4.